The van der Waals surface area contributed by atoms with Crippen LogP contribution in [0.5, 0.6) is 0 Å². The van der Waals surface area contributed by atoms with E-state index in [1.165, 1.54) is 0 Å². The lowest BCUT2D eigenvalue weighted by Crippen LogP contribution is -2.27. The van der Waals surface area contributed by atoms with Crippen molar-refractivity contribution in [1.29, 1.82) is 0 Å². The molecule has 0 rings (SSSR count). The maximum absolute atomic E-state index is 8.65. The van der Waals surface area contributed by atoms with Crippen LogP contribution < -0.4 is 0 Å². The molecule has 0 aromatic rings. The quantitative estimate of drug-likeness (QED) is 0.329. The molecule has 0 aliphatic heterocycles. The molecule has 0 atom stereocenters. The van der Waals surface area contributed by atoms with Crippen LogP contribution in [0.4, 0.5) is 0 Å². The second-order valence-electron chi connectivity index (χ2n) is 2.63. The molecule has 0 saturated carbocycles. The van der Waals surface area contributed by atoms with Crippen LogP contribution in [0.25, 0.3) is 0 Å². The third-order valence-electron chi connectivity index (χ3n) is 1.47. The van der Waals surface area contributed by atoms with Gasteiger partial charge in [0.2, 0.25) is 0 Å². The van der Waals surface area contributed by atoms with Gasteiger partial charge in [0.05, 0.1) is 0 Å². The molecule has 0 bridgehead atoms. The minimum Gasteiger partial charge on any atom is -0.189 e. The van der Waals surface area contributed by atoms with Crippen molar-refractivity contribution in [3.05, 3.63) is 0 Å². The first-order chi connectivity index (χ1) is 4.50. The van der Waals surface area contributed by atoms with Crippen LogP contribution in [0.2, 0.25) is 0 Å². The summed E-state index contributed by atoms with van der Waals surface area (Å²) in [6.45, 7) is 1.91. The van der Waals surface area contributed by atoms with Gasteiger partial charge < -0.3 is 0 Å². The molecule has 0 saturated heterocycles. The van der Waals surface area contributed by atoms with Crippen LogP contribution in [0.15, 0.2) is 0 Å². The SMILES string of the molecule is CC(C)([P+](O)(O)O)[P+](O)(O)O. The van der Waals surface area contributed by atoms with E-state index in [0.717, 1.165) is 13.8 Å². The van der Waals surface area contributed by atoms with E-state index in [-0.39, 0.29) is 0 Å². The molecule has 0 unspecified atom stereocenters. The highest BCUT2D eigenvalue weighted by molar-refractivity contribution is 7.78. The molecule has 0 aromatic heterocycles. The molecule has 0 spiro atoms. The molecule has 0 radical (unpaired) electrons. The van der Waals surface area contributed by atoms with Crippen molar-refractivity contribution in [1.82, 2.24) is 0 Å². The Morgan fingerprint density at radius 3 is 0.909 bits per heavy atom. The third-order valence-corrected chi connectivity index (χ3v) is 6.01. The van der Waals surface area contributed by atoms with Gasteiger partial charge in [0.15, 0.2) is 0 Å². The average Bonchev–Trinajstić information content (AvgIpc) is 1.58. The predicted molar refractivity (Wildman–Crippen MR) is 41.2 cm³/mol. The van der Waals surface area contributed by atoms with Crippen molar-refractivity contribution in [3.63, 3.8) is 0 Å². The van der Waals surface area contributed by atoms with E-state index in [0.29, 0.717) is 0 Å². The van der Waals surface area contributed by atoms with Crippen LogP contribution in [0.3, 0.4) is 0 Å². The van der Waals surface area contributed by atoms with E-state index >= 15 is 0 Å². The van der Waals surface area contributed by atoms with E-state index in [1.54, 1.807) is 0 Å². The Morgan fingerprint density at radius 2 is 0.909 bits per heavy atom. The highest BCUT2D eigenvalue weighted by Gasteiger charge is 2.72. The molecule has 8 heteroatoms. The van der Waals surface area contributed by atoms with Crippen molar-refractivity contribution < 1.29 is 29.4 Å². The Morgan fingerprint density at radius 1 is 0.727 bits per heavy atom. The zero-order valence-corrected chi connectivity index (χ0v) is 7.87. The summed E-state index contributed by atoms with van der Waals surface area (Å²) in [6.07, 6.45) is 0. The Kier molecular flexibility index (Phi) is 2.99. The lowest BCUT2D eigenvalue weighted by atomic mass is 10.5. The maximum Gasteiger partial charge on any atom is 0.457 e. The summed E-state index contributed by atoms with van der Waals surface area (Å²) >= 11 is 0. The number of hydrogen-bond donors (Lipinski definition) is 6. The van der Waals surface area contributed by atoms with Gasteiger partial charge in [-0.05, 0) is 0 Å². The minimum absolute atomic E-state index is 0.953. The average molecular weight is 206 g/mol. The Hall–Kier alpha value is 0.620. The summed E-state index contributed by atoms with van der Waals surface area (Å²) in [6, 6.07) is 0. The summed E-state index contributed by atoms with van der Waals surface area (Å²) in [5.74, 6) is 0. The van der Waals surface area contributed by atoms with Crippen LogP contribution in [-0.2, 0) is 0 Å². The van der Waals surface area contributed by atoms with Gasteiger partial charge in [0.1, 0.15) is 0 Å². The molecule has 68 valence electrons. The molecule has 0 fully saturated rings. The first-order valence-corrected chi connectivity index (χ1v) is 5.94. The van der Waals surface area contributed by atoms with E-state index in [2.05, 4.69) is 0 Å². The monoisotopic (exact) mass is 206 g/mol. The van der Waals surface area contributed by atoms with Gasteiger partial charge in [-0.2, -0.15) is 29.4 Å². The fourth-order valence-corrected chi connectivity index (χ4v) is 1.62. The van der Waals surface area contributed by atoms with E-state index < -0.39 is 20.8 Å². The lowest BCUT2D eigenvalue weighted by Gasteiger charge is -2.22. The van der Waals surface area contributed by atoms with E-state index in [9.17, 15) is 0 Å². The van der Waals surface area contributed by atoms with Crippen molar-refractivity contribution in [2.45, 2.75) is 18.7 Å². The lowest BCUT2D eigenvalue weighted by molar-refractivity contribution is 0.270. The molecular formula is C3H12O6P2+2. The Labute approximate surface area is 64.9 Å². The first kappa shape index (κ1) is 11.6. The third kappa shape index (κ3) is 2.28. The normalized spacial score (nSPS) is 15.3. The zero-order chi connectivity index (χ0) is 9.50. The van der Waals surface area contributed by atoms with E-state index in [4.69, 9.17) is 29.4 Å². The van der Waals surface area contributed by atoms with Gasteiger partial charge in [0, 0.05) is 13.8 Å². The summed E-state index contributed by atoms with van der Waals surface area (Å²) in [5.41, 5.74) is 0. The molecule has 11 heavy (non-hydrogen) atoms. The van der Waals surface area contributed by atoms with Gasteiger partial charge in [0.25, 0.3) is 0 Å². The Balaban J connectivity index is 4.75. The highest BCUT2D eigenvalue weighted by atomic mass is 31.3. The molecule has 6 N–H and O–H groups in total. The molecule has 0 amide bonds. The highest BCUT2D eigenvalue weighted by Crippen LogP contribution is 2.76. The Bertz CT molecular complexity index is 127. The summed E-state index contributed by atoms with van der Waals surface area (Å²) < 4.78 is 0. The number of hydrogen-bond acceptors (Lipinski definition) is 6. The van der Waals surface area contributed by atoms with Crippen LogP contribution in [0, 0.1) is 0 Å². The molecule has 0 aliphatic carbocycles. The molecule has 0 aliphatic rings. The molecule has 6 nitrogen and oxygen atoms in total. The topological polar surface area (TPSA) is 121 Å². The molecule has 0 aromatic carbocycles. The largest absolute Gasteiger partial charge is 0.457 e. The molecule has 0 heterocycles. The zero-order valence-electron chi connectivity index (χ0n) is 6.08. The second-order valence-corrected chi connectivity index (χ2v) is 7.49. The van der Waals surface area contributed by atoms with Crippen molar-refractivity contribution in [2.24, 2.45) is 0 Å². The van der Waals surface area contributed by atoms with Crippen LogP contribution in [-0.4, -0.2) is 34.3 Å². The van der Waals surface area contributed by atoms with Crippen molar-refractivity contribution in [2.75, 3.05) is 0 Å². The predicted octanol–water partition coefficient (Wildman–Crippen LogP) is -0.799. The summed E-state index contributed by atoms with van der Waals surface area (Å²) in [7, 11) is -8.88. The fourth-order valence-electron chi connectivity index (χ4n) is 0.180. The smallest absolute Gasteiger partial charge is 0.189 e. The second kappa shape index (κ2) is 2.83. The molecular weight excluding hydrogens is 194 g/mol. The standard InChI is InChI=1S/C3H12O6P2/c1-3(2,10(4,5)6)11(7,8)9/h4-9H,1-2H3/q+2. The van der Waals surface area contributed by atoms with Crippen molar-refractivity contribution >= 4 is 15.9 Å². The first-order valence-electron chi connectivity index (χ1n) is 2.65. The summed E-state index contributed by atoms with van der Waals surface area (Å²) in [4.78, 5) is 49.8. The fraction of sp³-hybridized carbons (Fsp3) is 1.00. The van der Waals surface area contributed by atoms with Crippen molar-refractivity contribution in [3.8, 4) is 0 Å². The van der Waals surface area contributed by atoms with Gasteiger partial charge in [-0.1, -0.05) is 0 Å². The maximum atomic E-state index is 8.65. The van der Waals surface area contributed by atoms with Crippen LogP contribution in [0.1, 0.15) is 13.8 Å². The number of rotatable bonds is 2. The summed E-state index contributed by atoms with van der Waals surface area (Å²) in [5, 5.41) is 0. The van der Waals surface area contributed by atoms with Gasteiger partial charge >= 0.3 is 20.8 Å². The van der Waals surface area contributed by atoms with Crippen LogP contribution >= 0.6 is 15.9 Å². The van der Waals surface area contributed by atoms with Gasteiger partial charge in [-0.25, -0.2) is 0 Å². The van der Waals surface area contributed by atoms with Gasteiger partial charge in [-0.3, -0.25) is 0 Å². The van der Waals surface area contributed by atoms with Gasteiger partial charge in [-0.15, -0.1) is 0 Å². The van der Waals surface area contributed by atoms with E-state index in [1.807, 2.05) is 0 Å². The minimum atomic E-state index is -4.44.